The molecule has 0 spiro atoms. The molecule has 2 aromatic rings. The summed E-state index contributed by atoms with van der Waals surface area (Å²) in [4.78, 5) is 12.4. The van der Waals surface area contributed by atoms with Gasteiger partial charge in [0.25, 0.3) is 0 Å². The largest absolute Gasteiger partial charge is 0.326 e. The van der Waals surface area contributed by atoms with Gasteiger partial charge in [-0.05, 0) is 48.7 Å². The molecule has 0 bridgehead atoms. The second-order valence-corrected chi connectivity index (χ2v) is 8.46. The van der Waals surface area contributed by atoms with E-state index in [4.69, 9.17) is 5.26 Å². The molecule has 1 aliphatic heterocycles. The first kappa shape index (κ1) is 19.1. The van der Waals surface area contributed by atoms with Crippen molar-refractivity contribution in [1.82, 2.24) is 4.31 Å². The fourth-order valence-corrected chi connectivity index (χ4v) is 4.61. The highest BCUT2D eigenvalue weighted by atomic mass is 32.2. The summed E-state index contributed by atoms with van der Waals surface area (Å²) in [7, 11) is -3.46. The average molecular weight is 383 g/mol. The molecule has 1 fully saturated rings. The van der Waals surface area contributed by atoms with Crippen LogP contribution in [-0.2, 0) is 21.2 Å². The Morgan fingerprint density at radius 3 is 2.44 bits per heavy atom. The lowest BCUT2D eigenvalue weighted by atomic mass is 10.1. The number of benzene rings is 2. The van der Waals surface area contributed by atoms with E-state index >= 15 is 0 Å². The molecule has 1 aliphatic rings. The zero-order chi connectivity index (χ0) is 19.3. The summed E-state index contributed by atoms with van der Waals surface area (Å²) in [6, 6.07) is 15.2. The van der Waals surface area contributed by atoms with Crippen LogP contribution in [0.25, 0.3) is 0 Å². The van der Waals surface area contributed by atoms with Gasteiger partial charge in [-0.2, -0.15) is 9.57 Å². The Balaban J connectivity index is 1.65. The summed E-state index contributed by atoms with van der Waals surface area (Å²) in [5.41, 5.74) is 1.75. The van der Waals surface area contributed by atoms with Crippen molar-refractivity contribution in [3.8, 4) is 6.07 Å². The number of carbonyl (C=O) groups excluding carboxylic acids is 1. The first-order valence-corrected chi connectivity index (χ1v) is 10.3. The molecule has 2 aromatic carbocycles. The van der Waals surface area contributed by atoms with Crippen LogP contribution >= 0.6 is 0 Å². The van der Waals surface area contributed by atoms with E-state index in [0.29, 0.717) is 24.3 Å². The number of piperidine rings is 1. The Kier molecular flexibility index (Phi) is 5.89. The van der Waals surface area contributed by atoms with Gasteiger partial charge in [-0.3, -0.25) is 4.79 Å². The maximum atomic E-state index is 12.6. The molecule has 1 amide bonds. The predicted molar refractivity (Wildman–Crippen MR) is 103 cm³/mol. The highest BCUT2D eigenvalue weighted by Crippen LogP contribution is 2.21. The number of nitrogens with one attached hydrogen (secondary N) is 1. The van der Waals surface area contributed by atoms with Gasteiger partial charge in [-0.1, -0.05) is 24.6 Å². The number of nitriles is 1. The fraction of sp³-hybridized carbons (Fsp3) is 0.300. The molecule has 1 N–H and O–H groups in total. The van der Waals surface area contributed by atoms with E-state index in [9.17, 15) is 13.2 Å². The smallest absolute Gasteiger partial charge is 0.243 e. The minimum absolute atomic E-state index is 0.126. The molecule has 0 atom stereocenters. The summed E-state index contributed by atoms with van der Waals surface area (Å²) in [5.74, 6) is -0.225. The van der Waals surface area contributed by atoms with Crippen LogP contribution in [-0.4, -0.2) is 31.7 Å². The molecule has 1 saturated heterocycles. The highest BCUT2D eigenvalue weighted by Gasteiger charge is 2.25. The number of anilines is 1. The predicted octanol–water partition coefficient (Wildman–Crippen LogP) is 2.91. The van der Waals surface area contributed by atoms with Crippen molar-refractivity contribution in [3.63, 3.8) is 0 Å². The van der Waals surface area contributed by atoms with Gasteiger partial charge in [0.2, 0.25) is 15.9 Å². The number of hydrogen-bond donors (Lipinski definition) is 1. The second-order valence-electron chi connectivity index (χ2n) is 6.53. The van der Waals surface area contributed by atoms with Crippen molar-refractivity contribution >= 4 is 21.6 Å². The first-order valence-electron chi connectivity index (χ1n) is 8.88. The molecule has 0 saturated carbocycles. The Morgan fingerprint density at radius 1 is 1.07 bits per heavy atom. The molecule has 6 nitrogen and oxygen atoms in total. The van der Waals surface area contributed by atoms with Crippen LogP contribution in [0.5, 0.6) is 0 Å². The minimum Gasteiger partial charge on any atom is -0.326 e. The molecule has 27 heavy (non-hydrogen) atoms. The molecule has 3 rings (SSSR count). The van der Waals surface area contributed by atoms with Crippen LogP contribution in [0.2, 0.25) is 0 Å². The zero-order valence-electron chi connectivity index (χ0n) is 14.9. The maximum Gasteiger partial charge on any atom is 0.243 e. The van der Waals surface area contributed by atoms with Crippen molar-refractivity contribution in [2.45, 2.75) is 30.6 Å². The highest BCUT2D eigenvalue weighted by molar-refractivity contribution is 7.89. The van der Waals surface area contributed by atoms with E-state index in [1.807, 2.05) is 6.07 Å². The Hall–Kier alpha value is -2.69. The summed E-state index contributed by atoms with van der Waals surface area (Å²) < 4.78 is 26.8. The number of sulfonamides is 1. The molecule has 0 unspecified atom stereocenters. The van der Waals surface area contributed by atoms with Gasteiger partial charge in [0.1, 0.15) is 0 Å². The van der Waals surface area contributed by atoms with E-state index in [-0.39, 0.29) is 17.2 Å². The van der Waals surface area contributed by atoms with E-state index in [1.54, 1.807) is 48.5 Å². The summed E-state index contributed by atoms with van der Waals surface area (Å²) in [6.45, 7) is 1.13. The third-order valence-electron chi connectivity index (χ3n) is 4.52. The van der Waals surface area contributed by atoms with E-state index in [2.05, 4.69) is 5.32 Å². The fourth-order valence-electron chi connectivity index (χ4n) is 3.09. The quantitative estimate of drug-likeness (QED) is 0.859. The topological polar surface area (TPSA) is 90.3 Å². The third-order valence-corrected chi connectivity index (χ3v) is 6.43. The van der Waals surface area contributed by atoms with E-state index < -0.39 is 10.0 Å². The normalized spacial score (nSPS) is 15.1. The monoisotopic (exact) mass is 383 g/mol. The lowest BCUT2D eigenvalue weighted by Gasteiger charge is -2.25. The molecule has 7 heteroatoms. The summed E-state index contributed by atoms with van der Waals surface area (Å²) in [5, 5.41) is 11.6. The number of nitrogens with zero attached hydrogens (tertiary/aromatic N) is 2. The number of hydrogen-bond acceptors (Lipinski definition) is 4. The van der Waals surface area contributed by atoms with Gasteiger partial charge in [0, 0.05) is 18.8 Å². The minimum atomic E-state index is -3.46. The molecule has 0 aliphatic carbocycles. The number of rotatable bonds is 5. The van der Waals surface area contributed by atoms with Crippen LogP contribution in [0.3, 0.4) is 0 Å². The molecular formula is C20H21N3O3S. The third kappa shape index (κ3) is 4.73. The maximum absolute atomic E-state index is 12.6. The van der Waals surface area contributed by atoms with Crippen molar-refractivity contribution in [2.75, 3.05) is 18.4 Å². The number of amides is 1. The van der Waals surface area contributed by atoms with Crippen LogP contribution in [0, 0.1) is 11.3 Å². The van der Waals surface area contributed by atoms with E-state index in [1.165, 1.54) is 4.31 Å². The van der Waals surface area contributed by atoms with Gasteiger partial charge in [-0.25, -0.2) is 8.42 Å². The molecule has 0 radical (unpaired) electrons. The van der Waals surface area contributed by atoms with Gasteiger partial charge >= 0.3 is 0 Å². The SMILES string of the molecule is N#Cc1cccc(NC(=O)Cc2ccc(S(=O)(=O)N3CCCCC3)cc2)c1. The van der Waals surface area contributed by atoms with Gasteiger partial charge in [-0.15, -0.1) is 0 Å². The first-order chi connectivity index (χ1) is 13.0. The van der Waals surface area contributed by atoms with E-state index in [0.717, 1.165) is 24.8 Å². The second kappa shape index (κ2) is 8.33. The Labute approximate surface area is 159 Å². The van der Waals surface area contributed by atoms with Crippen molar-refractivity contribution in [1.29, 1.82) is 5.26 Å². The lowest BCUT2D eigenvalue weighted by Crippen LogP contribution is -2.35. The molecular weight excluding hydrogens is 362 g/mol. The summed E-state index contributed by atoms with van der Waals surface area (Å²) in [6.07, 6.45) is 2.98. The molecule has 140 valence electrons. The molecule has 0 aromatic heterocycles. The summed E-state index contributed by atoms with van der Waals surface area (Å²) >= 11 is 0. The van der Waals surface area contributed by atoms with Crippen LogP contribution in [0.15, 0.2) is 53.4 Å². The van der Waals surface area contributed by atoms with Crippen molar-refractivity contribution in [2.24, 2.45) is 0 Å². The van der Waals surface area contributed by atoms with Crippen molar-refractivity contribution < 1.29 is 13.2 Å². The van der Waals surface area contributed by atoms with Crippen LogP contribution in [0.4, 0.5) is 5.69 Å². The zero-order valence-corrected chi connectivity index (χ0v) is 15.7. The number of carbonyl (C=O) groups is 1. The van der Waals surface area contributed by atoms with Gasteiger partial charge in [0.15, 0.2) is 0 Å². The standard InChI is InChI=1S/C20H21N3O3S/c21-15-17-5-4-6-18(13-17)22-20(24)14-16-7-9-19(10-8-16)27(25,26)23-11-2-1-3-12-23/h4-10,13H,1-3,11-12,14H2,(H,22,24). The lowest BCUT2D eigenvalue weighted by molar-refractivity contribution is -0.115. The van der Waals surface area contributed by atoms with Gasteiger partial charge in [0.05, 0.1) is 22.9 Å². The van der Waals surface area contributed by atoms with Crippen LogP contribution < -0.4 is 5.32 Å². The van der Waals surface area contributed by atoms with Gasteiger partial charge < -0.3 is 5.32 Å². The van der Waals surface area contributed by atoms with Crippen molar-refractivity contribution in [3.05, 3.63) is 59.7 Å². The van der Waals surface area contributed by atoms with Crippen LogP contribution in [0.1, 0.15) is 30.4 Å². The Morgan fingerprint density at radius 2 is 1.78 bits per heavy atom. The molecule has 1 heterocycles. The Bertz CT molecular complexity index is 957. The average Bonchev–Trinajstić information content (AvgIpc) is 2.69.